The minimum Gasteiger partial charge on any atom is -0.381 e. The zero-order valence-corrected chi connectivity index (χ0v) is 16.6. The molecule has 1 amide bonds. The number of hydrogen-bond acceptors (Lipinski definition) is 5. The fourth-order valence-corrected chi connectivity index (χ4v) is 3.12. The molecule has 5 nitrogen and oxygen atoms in total. The molecule has 27 heavy (non-hydrogen) atoms. The van der Waals surface area contributed by atoms with E-state index in [1.54, 1.807) is 0 Å². The molecule has 3 rings (SSSR count). The second-order valence-electron chi connectivity index (χ2n) is 6.60. The Morgan fingerprint density at radius 3 is 2.63 bits per heavy atom. The predicted octanol–water partition coefficient (Wildman–Crippen LogP) is 4.85. The van der Waals surface area contributed by atoms with Crippen molar-refractivity contribution in [2.75, 3.05) is 22.6 Å². The lowest BCUT2D eigenvalue weighted by Gasteiger charge is -2.22. The first-order valence-electron chi connectivity index (χ1n) is 8.89. The molecular formula is C21H24N4OS. The minimum absolute atomic E-state index is 0.0868. The highest BCUT2D eigenvalue weighted by Gasteiger charge is 2.08. The van der Waals surface area contributed by atoms with Crippen LogP contribution in [-0.4, -0.2) is 24.0 Å². The van der Waals surface area contributed by atoms with Gasteiger partial charge < -0.3 is 15.5 Å². The molecule has 0 fully saturated rings. The van der Waals surface area contributed by atoms with E-state index >= 15 is 0 Å². The highest BCUT2D eigenvalue weighted by atomic mass is 32.1. The lowest BCUT2D eigenvalue weighted by molar-refractivity contribution is 0.103. The summed E-state index contributed by atoms with van der Waals surface area (Å²) in [4.78, 5) is 19.5. The van der Waals surface area contributed by atoms with E-state index in [4.69, 9.17) is 0 Å². The summed E-state index contributed by atoms with van der Waals surface area (Å²) < 4.78 is 0. The molecule has 2 heterocycles. The zero-order valence-electron chi connectivity index (χ0n) is 15.8. The molecule has 0 saturated heterocycles. The standard InChI is InChI=1S/C21H24N4OS/c1-15(2)25(3)20-10-9-16(14-23-20)13-22-17-6-4-7-18(12-17)24-21(26)19-8-5-11-27-19/h4-12,14-15,22H,13H2,1-3H3,(H,24,26). The summed E-state index contributed by atoms with van der Waals surface area (Å²) in [5.74, 6) is 0.878. The zero-order chi connectivity index (χ0) is 19.2. The Bertz CT molecular complexity index is 875. The highest BCUT2D eigenvalue weighted by molar-refractivity contribution is 7.12. The van der Waals surface area contributed by atoms with Crippen LogP contribution in [0.1, 0.15) is 29.1 Å². The van der Waals surface area contributed by atoms with Gasteiger partial charge in [-0.1, -0.05) is 18.2 Å². The van der Waals surface area contributed by atoms with Gasteiger partial charge >= 0.3 is 0 Å². The molecule has 0 aliphatic carbocycles. The van der Waals surface area contributed by atoms with Crippen LogP contribution in [0.15, 0.2) is 60.1 Å². The maximum atomic E-state index is 12.2. The van der Waals surface area contributed by atoms with Crippen molar-refractivity contribution in [2.45, 2.75) is 26.4 Å². The third-order valence-corrected chi connectivity index (χ3v) is 5.18. The largest absolute Gasteiger partial charge is 0.381 e. The van der Waals surface area contributed by atoms with Crippen LogP contribution in [-0.2, 0) is 6.54 Å². The quantitative estimate of drug-likeness (QED) is 0.615. The third-order valence-electron chi connectivity index (χ3n) is 4.31. The molecule has 0 spiro atoms. The van der Waals surface area contributed by atoms with Crippen LogP contribution in [0, 0.1) is 0 Å². The monoisotopic (exact) mass is 380 g/mol. The minimum atomic E-state index is -0.0868. The molecule has 0 aliphatic heterocycles. The average molecular weight is 381 g/mol. The summed E-state index contributed by atoms with van der Waals surface area (Å²) in [5.41, 5.74) is 2.82. The Morgan fingerprint density at radius 1 is 1.15 bits per heavy atom. The second kappa shape index (κ2) is 8.68. The fourth-order valence-electron chi connectivity index (χ4n) is 2.51. The summed E-state index contributed by atoms with van der Waals surface area (Å²) in [7, 11) is 2.04. The van der Waals surface area contributed by atoms with Gasteiger partial charge in [0.1, 0.15) is 5.82 Å². The first-order chi connectivity index (χ1) is 13.0. The molecule has 0 bridgehead atoms. The van der Waals surface area contributed by atoms with Gasteiger partial charge in [-0.3, -0.25) is 4.79 Å². The van der Waals surface area contributed by atoms with Crippen molar-refractivity contribution in [1.29, 1.82) is 0 Å². The normalized spacial score (nSPS) is 10.7. The van der Waals surface area contributed by atoms with E-state index in [1.807, 2.05) is 61.1 Å². The molecular weight excluding hydrogens is 356 g/mol. The van der Waals surface area contributed by atoms with E-state index in [9.17, 15) is 4.79 Å². The molecule has 0 aliphatic rings. The van der Waals surface area contributed by atoms with Gasteiger partial charge in [0.15, 0.2) is 0 Å². The number of hydrogen-bond donors (Lipinski definition) is 2. The number of carbonyl (C=O) groups is 1. The smallest absolute Gasteiger partial charge is 0.265 e. The van der Waals surface area contributed by atoms with Crippen molar-refractivity contribution in [3.8, 4) is 0 Å². The average Bonchev–Trinajstić information content (AvgIpc) is 3.21. The lowest BCUT2D eigenvalue weighted by atomic mass is 10.2. The molecule has 2 N–H and O–H groups in total. The topological polar surface area (TPSA) is 57.3 Å². The molecule has 0 unspecified atom stereocenters. The Kier molecular flexibility index (Phi) is 6.08. The molecule has 0 saturated carbocycles. The molecule has 1 aromatic carbocycles. The van der Waals surface area contributed by atoms with Gasteiger partial charge in [0.05, 0.1) is 4.88 Å². The summed E-state index contributed by atoms with van der Waals surface area (Å²) in [6.45, 7) is 4.95. The first kappa shape index (κ1) is 18.9. The number of pyridine rings is 1. The van der Waals surface area contributed by atoms with Crippen LogP contribution in [0.4, 0.5) is 17.2 Å². The van der Waals surface area contributed by atoms with Gasteiger partial charge in [-0.25, -0.2) is 4.98 Å². The Labute approximate surface area is 164 Å². The van der Waals surface area contributed by atoms with Gasteiger partial charge in [0.25, 0.3) is 5.91 Å². The number of anilines is 3. The molecule has 2 aromatic heterocycles. The Balaban J connectivity index is 1.59. The molecule has 6 heteroatoms. The van der Waals surface area contributed by atoms with E-state index in [-0.39, 0.29) is 5.91 Å². The number of aromatic nitrogens is 1. The maximum Gasteiger partial charge on any atom is 0.265 e. The highest BCUT2D eigenvalue weighted by Crippen LogP contribution is 2.19. The molecule has 0 radical (unpaired) electrons. The Hall–Kier alpha value is -2.86. The van der Waals surface area contributed by atoms with E-state index < -0.39 is 0 Å². The van der Waals surface area contributed by atoms with Crippen molar-refractivity contribution < 1.29 is 4.79 Å². The van der Waals surface area contributed by atoms with Gasteiger partial charge in [-0.15, -0.1) is 11.3 Å². The Morgan fingerprint density at radius 2 is 1.96 bits per heavy atom. The van der Waals surface area contributed by atoms with Crippen molar-refractivity contribution >= 4 is 34.4 Å². The lowest BCUT2D eigenvalue weighted by Crippen LogP contribution is -2.26. The van der Waals surface area contributed by atoms with E-state index in [0.29, 0.717) is 17.5 Å². The van der Waals surface area contributed by atoms with Crippen LogP contribution in [0.25, 0.3) is 0 Å². The van der Waals surface area contributed by atoms with Crippen LogP contribution in [0.2, 0.25) is 0 Å². The SMILES string of the molecule is CC(C)N(C)c1ccc(CNc2cccc(NC(=O)c3cccs3)c2)cn1. The van der Waals surface area contributed by atoms with Crippen molar-refractivity contribution in [2.24, 2.45) is 0 Å². The second-order valence-corrected chi connectivity index (χ2v) is 7.54. The number of amides is 1. The van der Waals surface area contributed by atoms with E-state index in [2.05, 4.69) is 40.4 Å². The predicted molar refractivity (Wildman–Crippen MR) is 114 cm³/mol. The van der Waals surface area contributed by atoms with Gasteiger partial charge in [-0.05, 0) is 55.1 Å². The van der Waals surface area contributed by atoms with Crippen LogP contribution < -0.4 is 15.5 Å². The number of nitrogens with zero attached hydrogens (tertiary/aromatic N) is 2. The number of benzene rings is 1. The van der Waals surface area contributed by atoms with Crippen LogP contribution in [0.5, 0.6) is 0 Å². The van der Waals surface area contributed by atoms with Gasteiger partial charge in [-0.2, -0.15) is 0 Å². The summed E-state index contributed by atoms with van der Waals surface area (Å²) in [5, 5.41) is 8.20. The number of carbonyl (C=O) groups excluding carboxylic acids is 1. The van der Waals surface area contributed by atoms with Crippen molar-refractivity contribution in [3.05, 3.63) is 70.5 Å². The van der Waals surface area contributed by atoms with Crippen molar-refractivity contribution in [3.63, 3.8) is 0 Å². The number of rotatable bonds is 7. The van der Waals surface area contributed by atoms with Gasteiger partial charge in [0.2, 0.25) is 0 Å². The molecule has 140 valence electrons. The first-order valence-corrected chi connectivity index (χ1v) is 9.77. The fraction of sp³-hybridized carbons (Fsp3) is 0.238. The summed E-state index contributed by atoms with van der Waals surface area (Å²) in [6.07, 6.45) is 1.89. The number of nitrogens with one attached hydrogen (secondary N) is 2. The summed E-state index contributed by atoms with van der Waals surface area (Å²) >= 11 is 1.43. The van der Waals surface area contributed by atoms with E-state index in [1.165, 1.54) is 11.3 Å². The molecule has 0 atom stereocenters. The maximum absolute atomic E-state index is 12.2. The van der Waals surface area contributed by atoms with Crippen molar-refractivity contribution in [1.82, 2.24) is 4.98 Å². The summed E-state index contributed by atoms with van der Waals surface area (Å²) in [6, 6.07) is 15.9. The van der Waals surface area contributed by atoms with Crippen LogP contribution >= 0.6 is 11.3 Å². The molecule has 3 aromatic rings. The van der Waals surface area contributed by atoms with E-state index in [0.717, 1.165) is 22.8 Å². The van der Waals surface area contributed by atoms with Gasteiger partial charge in [0, 0.05) is 37.2 Å². The number of thiophene rings is 1. The van der Waals surface area contributed by atoms with Crippen LogP contribution in [0.3, 0.4) is 0 Å². The third kappa shape index (κ3) is 5.08.